The molecule has 0 aliphatic carbocycles. The average molecular weight is 301 g/mol. The van der Waals surface area contributed by atoms with Crippen molar-refractivity contribution in [3.63, 3.8) is 0 Å². The van der Waals surface area contributed by atoms with Crippen LogP contribution in [0.2, 0.25) is 0 Å². The summed E-state index contributed by atoms with van der Waals surface area (Å²) in [4.78, 5) is 22.2. The van der Waals surface area contributed by atoms with Crippen LogP contribution in [0.4, 0.5) is 4.79 Å². The summed E-state index contributed by atoms with van der Waals surface area (Å²) in [6.07, 6.45) is 0.816. The number of aliphatic carboxylic acids is 1. The summed E-state index contributed by atoms with van der Waals surface area (Å²) in [5, 5.41) is 10.7. The Kier molecular flexibility index (Phi) is 9.82. The molecular formula is C10H18Cl2N2O4. The summed E-state index contributed by atoms with van der Waals surface area (Å²) in [6.45, 7) is 0.423. The van der Waals surface area contributed by atoms with Gasteiger partial charge in [0, 0.05) is 5.88 Å². The molecular weight excluding hydrogens is 283 g/mol. The van der Waals surface area contributed by atoms with E-state index in [0.29, 0.717) is 25.8 Å². The van der Waals surface area contributed by atoms with Crippen molar-refractivity contribution in [2.45, 2.75) is 30.7 Å². The molecule has 0 aromatic rings. The van der Waals surface area contributed by atoms with Gasteiger partial charge in [-0.3, -0.25) is 0 Å². The first-order valence-corrected chi connectivity index (χ1v) is 6.54. The van der Waals surface area contributed by atoms with Crippen LogP contribution in [0, 0.1) is 0 Å². The highest BCUT2D eigenvalue weighted by Gasteiger charge is 2.20. The number of halogens is 2. The first-order valence-electron chi connectivity index (χ1n) is 5.57. The zero-order chi connectivity index (χ0) is 14.0. The summed E-state index contributed by atoms with van der Waals surface area (Å²) in [7, 11) is 0. The minimum Gasteiger partial charge on any atom is -0.480 e. The maximum Gasteiger partial charge on any atom is 0.407 e. The third-order valence-electron chi connectivity index (χ3n) is 2.10. The molecule has 6 nitrogen and oxygen atoms in total. The van der Waals surface area contributed by atoms with Crippen molar-refractivity contribution in [1.29, 1.82) is 0 Å². The summed E-state index contributed by atoms with van der Waals surface area (Å²) in [6, 6.07) is -0.978. The maximum absolute atomic E-state index is 11.3. The van der Waals surface area contributed by atoms with Crippen LogP contribution in [0.3, 0.4) is 0 Å². The monoisotopic (exact) mass is 300 g/mol. The van der Waals surface area contributed by atoms with Crippen molar-refractivity contribution in [1.82, 2.24) is 5.32 Å². The van der Waals surface area contributed by atoms with Gasteiger partial charge >= 0.3 is 12.1 Å². The van der Waals surface area contributed by atoms with E-state index in [1.54, 1.807) is 0 Å². The Hall–Kier alpha value is -0.720. The molecule has 0 spiro atoms. The lowest BCUT2D eigenvalue weighted by atomic mass is 10.1. The first kappa shape index (κ1) is 17.3. The molecule has 1 amide bonds. The Labute approximate surface area is 116 Å². The largest absolute Gasteiger partial charge is 0.480 e. The van der Waals surface area contributed by atoms with E-state index >= 15 is 0 Å². The van der Waals surface area contributed by atoms with Crippen LogP contribution >= 0.6 is 23.2 Å². The SMILES string of the molecule is NCCCCC(NC(=O)OCC(Cl)CCl)C(=O)O. The molecule has 0 heterocycles. The lowest BCUT2D eigenvalue weighted by Crippen LogP contribution is -2.41. The van der Waals surface area contributed by atoms with E-state index in [-0.39, 0.29) is 12.5 Å². The third kappa shape index (κ3) is 8.38. The Morgan fingerprint density at radius 1 is 1.39 bits per heavy atom. The van der Waals surface area contributed by atoms with E-state index < -0.39 is 23.5 Å². The molecule has 2 atom stereocenters. The number of unbranched alkanes of at least 4 members (excludes halogenated alkanes) is 1. The molecule has 0 rings (SSSR count). The van der Waals surface area contributed by atoms with Crippen LogP contribution in [0.15, 0.2) is 0 Å². The number of carbonyl (C=O) groups excluding carboxylic acids is 1. The smallest absolute Gasteiger partial charge is 0.407 e. The normalized spacial score (nSPS) is 13.7. The second-order valence-corrected chi connectivity index (χ2v) is 4.60. The number of amides is 1. The Morgan fingerprint density at radius 2 is 2.06 bits per heavy atom. The van der Waals surface area contributed by atoms with E-state index in [9.17, 15) is 9.59 Å². The Balaban J connectivity index is 3.99. The Bertz CT molecular complexity index is 266. The fourth-order valence-corrected chi connectivity index (χ4v) is 1.30. The lowest BCUT2D eigenvalue weighted by molar-refractivity contribution is -0.139. The number of rotatable bonds is 9. The molecule has 0 aromatic heterocycles. The van der Waals surface area contributed by atoms with Crippen LogP contribution in [0.1, 0.15) is 19.3 Å². The second-order valence-electron chi connectivity index (χ2n) is 3.67. The van der Waals surface area contributed by atoms with Crippen molar-refractivity contribution in [2.75, 3.05) is 19.0 Å². The van der Waals surface area contributed by atoms with Crippen LogP contribution in [-0.4, -0.2) is 47.6 Å². The number of carboxylic acid groups (broad SMARTS) is 1. The number of nitrogens with one attached hydrogen (secondary N) is 1. The van der Waals surface area contributed by atoms with Gasteiger partial charge in [-0.2, -0.15) is 0 Å². The first-order chi connectivity index (χ1) is 8.51. The fourth-order valence-electron chi connectivity index (χ4n) is 1.14. The van der Waals surface area contributed by atoms with Gasteiger partial charge in [0.2, 0.25) is 0 Å². The number of carboxylic acids is 1. The molecule has 0 radical (unpaired) electrons. The molecule has 0 fully saturated rings. The quantitative estimate of drug-likeness (QED) is 0.438. The number of alkyl carbamates (subject to hydrolysis) is 1. The minimum atomic E-state index is -1.11. The van der Waals surface area contributed by atoms with E-state index in [0.717, 1.165) is 0 Å². The molecule has 2 unspecified atom stereocenters. The number of carbonyl (C=O) groups is 2. The van der Waals surface area contributed by atoms with E-state index in [1.807, 2.05) is 0 Å². The zero-order valence-electron chi connectivity index (χ0n) is 9.90. The number of alkyl halides is 2. The molecule has 0 bridgehead atoms. The number of hydrogen-bond donors (Lipinski definition) is 3. The van der Waals surface area contributed by atoms with Gasteiger partial charge in [0.05, 0.1) is 5.38 Å². The van der Waals surface area contributed by atoms with Crippen molar-refractivity contribution in [3.8, 4) is 0 Å². The molecule has 0 saturated carbocycles. The van der Waals surface area contributed by atoms with Gasteiger partial charge in [0.25, 0.3) is 0 Å². The number of ether oxygens (including phenoxy) is 1. The number of nitrogens with two attached hydrogens (primary N) is 1. The number of hydrogen-bond acceptors (Lipinski definition) is 4. The van der Waals surface area contributed by atoms with E-state index in [4.69, 9.17) is 38.8 Å². The topological polar surface area (TPSA) is 102 Å². The second kappa shape index (κ2) is 10.2. The van der Waals surface area contributed by atoms with E-state index in [2.05, 4.69) is 5.32 Å². The van der Waals surface area contributed by atoms with Crippen LogP contribution in [0.25, 0.3) is 0 Å². The van der Waals surface area contributed by atoms with Gasteiger partial charge in [-0.25, -0.2) is 9.59 Å². The van der Waals surface area contributed by atoms with Crippen molar-refractivity contribution >= 4 is 35.3 Å². The summed E-state index contributed by atoms with van der Waals surface area (Å²) in [5.74, 6) is -0.961. The maximum atomic E-state index is 11.3. The predicted molar refractivity (Wildman–Crippen MR) is 69.2 cm³/mol. The van der Waals surface area contributed by atoms with Crippen molar-refractivity contribution in [2.24, 2.45) is 5.73 Å². The van der Waals surface area contributed by atoms with Crippen molar-refractivity contribution in [3.05, 3.63) is 0 Å². The molecule has 8 heteroatoms. The van der Waals surface area contributed by atoms with Crippen molar-refractivity contribution < 1.29 is 19.4 Å². The van der Waals surface area contributed by atoms with Gasteiger partial charge in [0.15, 0.2) is 0 Å². The molecule has 106 valence electrons. The summed E-state index contributed by atoms with van der Waals surface area (Å²) < 4.78 is 4.73. The van der Waals surface area contributed by atoms with Crippen LogP contribution < -0.4 is 11.1 Å². The fraction of sp³-hybridized carbons (Fsp3) is 0.800. The molecule has 0 aliphatic rings. The molecule has 0 aliphatic heterocycles. The van der Waals surface area contributed by atoms with Gasteiger partial charge in [-0.1, -0.05) is 0 Å². The molecule has 4 N–H and O–H groups in total. The van der Waals surface area contributed by atoms with Gasteiger partial charge in [-0.15, -0.1) is 23.2 Å². The van der Waals surface area contributed by atoms with E-state index in [1.165, 1.54) is 0 Å². The summed E-state index contributed by atoms with van der Waals surface area (Å²) in [5.41, 5.74) is 5.30. The van der Waals surface area contributed by atoms with Gasteiger partial charge < -0.3 is 20.9 Å². The van der Waals surface area contributed by atoms with Gasteiger partial charge in [0.1, 0.15) is 12.6 Å². The highest BCUT2D eigenvalue weighted by atomic mass is 35.5. The molecule has 0 saturated heterocycles. The highest BCUT2D eigenvalue weighted by molar-refractivity contribution is 6.28. The van der Waals surface area contributed by atoms with Crippen LogP contribution in [0.5, 0.6) is 0 Å². The zero-order valence-corrected chi connectivity index (χ0v) is 11.4. The lowest BCUT2D eigenvalue weighted by Gasteiger charge is -2.15. The molecule has 0 aromatic carbocycles. The predicted octanol–water partition coefficient (Wildman–Crippen LogP) is 1.14. The van der Waals surface area contributed by atoms with Crippen LogP contribution in [-0.2, 0) is 9.53 Å². The average Bonchev–Trinajstić information content (AvgIpc) is 2.34. The highest BCUT2D eigenvalue weighted by Crippen LogP contribution is 2.03. The third-order valence-corrected chi connectivity index (χ3v) is 2.91. The molecule has 18 heavy (non-hydrogen) atoms. The Morgan fingerprint density at radius 3 is 2.56 bits per heavy atom. The minimum absolute atomic E-state index is 0.0635. The summed E-state index contributed by atoms with van der Waals surface area (Å²) >= 11 is 11.1. The standard InChI is InChI=1S/C10H18Cl2N2O4/c11-5-7(12)6-18-10(17)14-8(9(15)16)3-1-2-4-13/h7-8H,1-6,13H2,(H,14,17)(H,15,16). The van der Waals surface area contributed by atoms with Gasteiger partial charge in [-0.05, 0) is 25.8 Å².